The zero-order valence-corrected chi connectivity index (χ0v) is 10.2. The van der Waals surface area contributed by atoms with Gasteiger partial charge in [0.15, 0.2) is 0 Å². The third kappa shape index (κ3) is 3.14. The van der Waals surface area contributed by atoms with Crippen molar-refractivity contribution in [3.05, 3.63) is 30.6 Å². The molecule has 0 bridgehead atoms. The number of rotatable bonds is 5. The van der Waals surface area contributed by atoms with Crippen molar-refractivity contribution < 1.29 is 4.74 Å². The number of ether oxygens (including phenoxy) is 1. The number of aromatic nitrogens is 2. The van der Waals surface area contributed by atoms with Crippen LogP contribution in [0.25, 0.3) is 11.0 Å². The number of nitrogens with zero attached hydrogens (tertiary/aromatic N) is 2. The maximum Gasteiger partial charge on any atom is 0.0907 e. The Labute approximate surface area is 101 Å². The van der Waals surface area contributed by atoms with Crippen molar-refractivity contribution >= 4 is 16.7 Å². The Morgan fingerprint density at radius 1 is 1.24 bits per heavy atom. The maximum atomic E-state index is 5.36. The largest absolute Gasteiger partial charge is 0.380 e. The third-order valence-electron chi connectivity index (χ3n) is 2.45. The number of fused-ring (bicyclic) bond motifs is 1. The number of hydrogen-bond donors (Lipinski definition) is 1. The van der Waals surface area contributed by atoms with Crippen LogP contribution in [-0.4, -0.2) is 29.2 Å². The summed E-state index contributed by atoms with van der Waals surface area (Å²) in [7, 11) is 0. The molecule has 1 aromatic carbocycles. The molecule has 0 spiro atoms. The zero-order chi connectivity index (χ0) is 12.1. The fourth-order valence-corrected chi connectivity index (χ4v) is 1.67. The third-order valence-corrected chi connectivity index (χ3v) is 2.45. The van der Waals surface area contributed by atoms with Gasteiger partial charge in [0.2, 0.25) is 0 Å². The van der Waals surface area contributed by atoms with Crippen LogP contribution in [0.1, 0.15) is 13.8 Å². The molecule has 4 nitrogen and oxygen atoms in total. The molecule has 1 aromatic heterocycles. The molecule has 4 heteroatoms. The van der Waals surface area contributed by atoms with Crippen molar-refractivity contribution in [2.24, 2.45) is 0 Å². The lowest BCUT2D eigenvalue weighted by Crippen LogP contribution is -2.21. The smallest absolute Gasteiger partial charge is 0.0907 e. The van der Waals surface area contributed by atoms with Crippen molar-refractivity contribution in [3.8, 4) is 0 Å². The summed E-state index contributed by atoms with van der Waals surface area (Å²) in [5.41, 5.74) is 2.86. The standard InChI is InChI=1S/C13H17N3O/c1-3-17-9-10(2)16-11-4-5-12-13(8-11)15-7-6-14-12/h4-8,10,16H,3,9H2,1-2H3. The van der Waals surface area contributed by atoms with Crippen LogP contribution in [0.4, 0.5) is 5.69 Å². The highest BCUT2D eigenvalue weighted by atomic mass is 16.5. The molecule has 90 valence electrons. The van der Waals surface area contributed by atoms with Gasteiger partial charge in [-0.05, 0) is 32.0 Å². The molecule has 17 heavy (non-hydrogen) atoms. The van der Waals surface area contributed by atoms with Gasteiger partial charge in [-0.25, -0.2) is 0 Å². The van der Waals surface area contributed by atoms with Crippen LogP contribution in [0.2, 0.25) is 0 Å². The van der Waals surface area contributed by atoms with E-state index in [9.17, 15) is 0 Å². The molecule has 0 aliphatic carbocycles. The van der Waals surface area contributed by atoms with E-state index in [4.69, 9.17) is 4.74 Å². The van der Waals surface area contributed by atoms with E-state index in [1.165, 1.54) is 0 Å². The maximum absolute atomic E-state index is 5.36. The number of nitrogens with one attached hydrogen (secondary N) is 1. The number of hydrogen-bond acceptors (Lipinski definition) is 4. The van der Waals surface area contributed by atoms with Gasteiger partial charge in [-0.2, -0.15) is 0 Å². The van der Waals surface area contributed by atoms with E-state index in [-0.39, 0.29) is 6.04 Å². The molecule has 1 atom stereocenters. The second-order valence-corrected chi connectivity index (χ2v) is 3.96. The minimum atomic E-state index is 0.282. The molecule has 0 aliphatic heterocycles. The molecule has 0 amide bonds. The van der Waals surface area contributed by atoms with Crippen molar-refractivity contribution in [1.82, 2.24) is 9.97 Å². The Bertz CT molecular complexity index is 487. The summed E-state index contributed by atoms with van der Waals surface area (Å²) >= 11 is 0. The first-order valence-corrected chi connectivity index (χ1v) is 5.84. The summed E-state index contributed by atoms with van der Waals surface area (Å²) in [5, 5.41) is 3.38. The van der Waals surface area contributed by atoms with Gasteiger partial charge < -0.3 is 10.1 Å². The lowest BCUT2D eigenvalue weighted by atomic mass is 10.2. The van der Waals surface area contributed by atoms with Crippen LogP contribution < -0.4 is 5.32 Å². The SMILES string of the molecule is CCOCC(C)Nc1ccc2nccnc2c1. The molecule has 2 aromatic rings. The van der Waals surface area contributed by atoms with Gasteiger partial charge in [-0.15, -0.1) is 0 Å². The van der Waals surface area contributed by atoms with E-state index in [1.54, 1.807) is 12.4 Å². The van der Waals surface area contributed by atoms with E-state index in [1.807, 2.05) is 25.1 Å². The molecule has 1 heterocycles. The van der Waals surface area contributed by atoms with Gasteiger partial charge in [-0.1, -0.05) is 0 Å². The van der Waals surface area contributed by atoms with Crippen LogP contribution in [-0.2, 0) is 4.74 Å². The van der Waals surface area contributed by atoms with E-state index >= 15 is 0 Å². The molecule has 0 fully saturated rings. The van der Waals surface area contributed by atoms with Gasteiger partial charge in [0.05, 0.1) is 17.6 Å². The van der Waals surface area contributed by atoms with Crippen LogP contribution in [0.5, 0.6) is 0 Å². The Balaban J connectivity index is 2.08. The fourth-order valence-electron chi connectivity index (χ4n) is 1.67. The second-order valence-electron chi connectivity index (χ2n) is 3.96. The molecular formula is C13H17N3O. The van der Waals surface area contributed by atoms with Gasteiger partial charge in [-0.3, -0.25) is 9.97 Å². The first kappa shape index (κ1) is 11.8. The van der Waals surface area contributed by atoms with E-state index in [0.29, 0.717) is 6.61 Å². The van der Waals surface area contributed by atoms with E-state index in [0.717, 1.165) is 23.3 Å². The molecule has 0 saturated carbocycles. The summed E-state index contributed by atoms with van der Waals surface area (Å²) in [6.07, 6.45) is 3.41. The predicted octanol–water partition coefficient (Wildman–Crippen LogP) is 2.47. The molecule has 0 radical (unpaired) electrons. The Hall–Kier alpha value is -1.68. The summed E-state index contributed by atoms with van der Waals surface area (Å²) in [6.45, 7) is 5.54. The molecule has 0 saturated heterocycles. The van der Waals surface area contributed by atoms with Crippen LogP contribution in [0.3, 0.4) is 0 Å². The van der Waals surface area contributed by atoms with Crippen molar-refractivity contribution in [3.63, 3.8) is 0 Å². The lowest BCUT2D eigenvalue weighted by Gasteiger charge is -2.15. The monoisotopic (exact) mass is 231 g/mol. The average molecular weight is 231 g/mol. The summed E-state index contributed by atoms with van der Waals surface area (Å²) in [4.78, 5) is 8.51. The Kier molecular flexibility index (Phi) is 3.88. The van der Waals surface area contributed by atoms with Gasteiger partial charge in [0, 0.05) is 30.7 Å². The van der Waals surface area contributed by atoms with Crippen LogP contribution in [0, 0.1) is 0 Å². The van der Waals surface area contributed by atoms with Crippen molar-refractivity contribution in [1.29, 1.82) is 0 Å². The molecule has 2 rings (SSSR count). The number of benzene rings is 1. The fraction of sp³-hybridized carbons (Fsp3) is 0.385. The summed E-state index contributed by atoms with van der Waals surface area (Å²) in [5.74, 6) is 0. The van der Waals surface area contributed by atoms with E-state index < -0.39 is 0 Å². The number of anilines is 1. The zero-order valence-electron chi connectivity index (χ0n) is 10.2. The average Bonchev–Trinajstić information content (AvgIpc) is 2.36. The minimum absolute atomic E-state index is 0.282. The Morgan fingerprint density at radius 3 is 2.76 bits per heavy atom. The highest BCUT2D eigenvalue weighted by molar-refractivity contribution is 5.78. The van der Waals surface area contributed by atoms with Crippen molar-refractivity contribution in [2.45, 2.75) is 19.9 Å². The van der Waals surface area contributed by atoms with Crippen LogP contribution in [0.15, 0.2) is 30.6 Å². The topological polar surface area (TPSA) is 47.0 Å². The second kappa shape index (κ2) is 5.59. The van der Waals surface area contributed by atoms with Gasteiger partial charge in [0.25, 0.3) is 0 Å². The first-order chi connectivity index (χ1) is 8.29. The van der Waals surface area contributed by atoms with Gasteiger partial charge in [0.1, 0.15) is 0 Å². The minimum Gasteiger partial charge on any atom is -0.380 e. The predicted molar refractivity (Wildman–Crippen MR) is 69.1 cm³/mol. The highest BCUT2D eigenvalue weighted by Crippen LogP contribution is 2.15. The quantitative estimate of drug-likeness (QED) is 0.858. The van der Waals surface area contributed by atoms with Crippen LogP contribution >= 0.6 is 0 Å². The Morgan fingerprint density at radius 2 is 2.00 bits per heavy atom. The first-order valence-electron chi connectivity index (χ1n) is 5.84. The normalized spacial score (nSPS) is 12.6. The summed E-state index contributed by atoms with van der Waals surface area (Å²) < 4.78 is 5.36. The summed E-state index contributed by atoms with van der Waals surface area (Å²) in [6, 6.07) is 6.27. The molecule has 1 unspecified atom stereocenters. The molecule has 0 aliphatic rings. The molecule has 1 N–H and O–H groups in total. The van der Waals surface area contributed by atoms with E-state index in [2.05, 4.69) is 22.2 Å². The molecular weight excluding hydrogens is 214 g/mol. The van der Waals surface area contributed by atoms with Crippen molar-refractivity contribution in [2.75, 3.05) is 18.5 Å². The highest BCUT2D eigenvalue weighted by Gasteiger charge is 2.03. The lowest BCUT2D eigenvalue weighted by molar-refractivity contribution is 0.141. The van der Waals surface area contributed by atoms with Gasteiger partial charge >= 0.3 is 0 Å².